The number of hydrogen-bond acceptors (Lipinski definition) is 2. The number of halogens is 2. The van der Waals surface area contributed by atoms with Gasteiger partial charge in [-0.15, -0.1) is 0 Å². The van der Waals surface area contributed by atoms with Gasteiger partial charge in [-0.2, -0.15) is 0 Å². The predicted molar refractivity (Wildman–Crippen MR) is 93.6 cm³/mol. The number of nitrogens with zero attached hydrogens (tertiary/aromatic N) is 1. The van der Waals surface area contributed by atoms with E-state index < -0.39 is 5.92 Å². The number of carbonyl (C=O) groups is 1. The maximum atomic E-state index is 14.0. The average Bonchev–Trinajstić information content (AvgIpc) is 2.61. The van der Waals surface area contributed by atoms with E-state index in [4.69, 9.17) is 11.6 Å². The second-order valence-electron chi connectivity index (χ2n) is 6.02. The van der Waals surface area contributed by atoms with E-state index in [1.165, 1.54) is 6.07 Å². The Morgan fingerprint density at radius 1 is 1.25 bits per heavy atom. The third-order valence-corrected chi connectivity index (χ3v) is 4.88. The van der Waals surface area contributed by atoms with Crippen molar-refractivity contribution in [1.82, 2.24) is 10.2 Å². The SMILES string of the molecule is CC(C(=O)N1CCNCC1c1ccccc1Cl)c1ccccc1F. The summed E-state index contributed by atoms with van der Waals surface area (Å²) in [4.78, 5) is 14.8. The van der Waals surface area contributed by atoms with E-state index in [9.17, 15) is 9.18 Å². The summed E-state index contributed by atoms with van der Waals surface area (Å²) in [6.07, 6.45) is 0. The lowest BCUT2D eigenvalue weighted by Gasteiger charge is -2.38. The molecule has 2 atom stereocenters. The van der Waals surface area contributed by atoms with E-state index in [1.807, 2.05) is 29.2 Å². The van der Waals surface area contributed by atoms with Crippen LogP contribution in [-0.2, 0) is 4.79 Å². The van der Waals surface area contributed by atoms with Crippen LogP contribution in [0, 0.1) is 5.82 Å². The highest BCUT2D eigenvalue weighted by atomic mass is 35.5. The highest BCUT2D eigenvalue weighted by Gasteiger charge is 2.32. The molecule has 1 aliphatic rings. The van der Waals surface area contributed by atoms with Crippen LogP contribution in [0.2, 0.25) is 5.02 Å². The lowest BCUT2D eigenvalue weighted by molar-refractivity contribution is -0.135. The Morgan fingerprint density at radius 2 is 1.96 bits per heavy atom. The van der Waals surface area contributed by atoms with Crippen LogP contribution in [0.5, 0.6) is 0 Å². The van der Waals surface area contributed by atoms with Gasteiger partial charge in [0.2, 0.25) is 5.91 Å². The molecule has 5 heteroatoms. The smallest absolute Gasteiger partial charge is 0.230 e. The molecule has 126 valence electrons. The molecule has 0 saturated carbocycles. The number of carbonyl (C=O) groups excluding carboxylic acids is 1. The summed E-state index contributed by atoms with van der Waals surface area (Å²) in [6, 6.07) is 13.9. The number of benzene rings is 2. The largest absolute Gasteiger partial charge is 0.333 e. The summed E-state index contributed by atoms with van der Waals surface area (Å²) >= 11 is 6.32. The van der Waals surface area contributed by atoms with Gasteiger partial charge in [0, 0.05) is 24.7 Å². The van der Waals surface area contributed by atoms with E-state index in [2.05, 4.69) is 5.32 Å². The second kappa shape index (κ2) is 7.32. The van der Waals surface area contributed by atoms with Gasteiger partial charge in [-0.25, -0.2) is 4.39 Å². The topological polar surface area (TPSA) is 32.3 Å². The van der Waals surface area contributed by atoms with Crippen LogP contribution in [0.3, 0.4) is 0 Å². The lowest BCUT2D eigenvalue weighted by Crippen LogP contribution is -2.50. The molecule has 1 aliphatic heterocycles. The fourth-order valence-electron chi connectivity index (χ4n) is 3.20. The Kier molecular flexibility index (Phi) is 5.17. The molecular weight excluding hydrogens is 327 g/mol. The second-order valence-corrected chi connectivity index (χ2v) is 6.42. The van der Waals surface area contributed by atoms with Crippen molar-refractivity contribution in [2.45, 2.75) is 18.9 Å². The molecule has 1 saturated heterocycles. The van der Waals surface area contributed by atoms with Gasteiger partial charge < -0.3 is 10.2 Å². The van der Waals surface area contributed by atoms with E-state index in [0.29, 0.717) is 23.7 Å². The summed E-state index contributed by atoms with van der Waals surface area (Å²) in [5.41, 5.74) is 1.35. The van der Waals surface area contributed by atoms with Gasteiger partial charge in [-0.05, 0) is 30.2 Å². The Labute approximate surface area is 146 Å². The summed E-state index contributed by atoms with van der Waals surface area (Å²) < 4.78 is 14.0. The molecule has 1 N–H and O–H groups in total. The minimum absolute atomic E-state index is 0.0773. The van der Waals surface area contributed by atoms with Crippen molar-refractivity contribution in [3.63, 3.8) is 0 Å². The molecule has 0 spiro atoms. The van der Waals surface area contributed by atoms with Crippen molar-refractivity contribution >= 4 is 17.5 Å². The first-order valence-electron chi connectivity index (χ1n) is 8.09. The Balaban J connectivity index is 1.89. The van der Waals surface area contributed by atoms with Gasteiger partial charge in [0.25, 0.3) is 0 Å². The van der Waals surface area contributed by atoms with E-state index in [0.717, 1.165) is 12.1 Å². The predicted octanol–water partition coefficient (Wildman–Crippen LogP) is 3.76. The molecule has 1 amide bonds. The maximum Gasteiger partial charge on any atom is 0.230 e. The van der Waals surface area contributed by atoms with Gasteiger partial charge in [0.1, 0.15) is 5.82 Å². The van der Waals surface area contributed by atoms with E-state index in [-0.39, 0.29) is 17.8 Å². The van der Waals surface area contributed by atoms with Crippen molar-refractivity contribution < 1.29 is 9.18 Å². The molecule has 3 nitrogen and oxygen atoms in total. The Hall–Kier alpha value is -1.91. The molecule has 2 unspecified atom stereocenters. The first-order chi connectivity index (χ1) is 11.6. The monoisotopic (exact) mass is 346 g/mol. The van der Waals surface area contributed by atoms with Crippen LogP contribution >= 0.6 is 11.6 Å². The van der Waals surface area contributed by atoms with E-state index in [1.54, 1.807) is 25.1 Å². The van der Waals surface area contributed by atoms with Crippen LogP contribution in [-0.4, -0.2) is 30.4 Å². The summed E-state index contributed by atoms with van der Waals surface area (Å²) in [7, 11) is 0. The number of hydrogen-bond donors (Lipinski definition) is 1. The molecule has 24 heavy (non-hydrogen) atoms. The molecule has 0 aliphatic carbocycles. The zero-order chi connectivity index (χ0) is 17.1. The van der Waals surface area contributed by atoms with Crippen LogP contribution in [0.1, 0.15) is 30.0 Å². The molecule has 2 aromatic rings. The Morgan fingerprint density at radius 3 is 2.71 bits per heavy atom. The van der Waals surface area contributed by atoms with Crippen LogP contribution in [0.4, 0.5) is 4.39 Å². The summed E-state index contributed by atoms with van der Waals surface area (Å²) in [5.74, 6) is -0.955. The van der Waals surface area contributed by atoms with Crippen LogP contribution < -0.4 is 5.32 Å². The van der Waals surface area contributed by atoms with Crippen molar-refractivity contribution in [3.05, 3.63) is 70.5 Å². The number of rotatable bonds is 3. The minimum Gasteiger partial charge on any atom is -0.333 e. The average molecular weight is 347 g/mol. The maximum absolute atomic E-state index is 14.0. The van der Waals surface area contributed by atoms with Crippen molar-refractivity contribution in [3.8, 4) is 0 Å². The fraction of sp³-hybridized carbons (Fsp3) is 0.316. The molecule has 3 rings (SSSR count). The fourth-order valence-corrected chi connectivity index (χ4v) is 3.46. The van der Waals surface area contributed by atoms with Crippen molar-refractivity contribution in [2.75, 3.05) is 19.6 Å². The summed E-state index contributed by atoms with van der Waals surface area (Å²) in [6.45, 7) is 3.69. The van der Waals surface area contributed by atoms with Crippen LogP contribution in [0.25, 0.3) is 0 Å². The summed E-state index contributed by atoms with van der Waals surface area (Å²) in [5, 5.41) is 3.95. The number of nitrogens with one attached hydrogen (secondary N) is 1. The molecule has 1 heterocycles. The van der Waals surface area contributed by atoms with Gasteiger partial charge in [0.05, 0.1) is 12.0 Å². The normalized spacial score (nSPS) is 19.1. The molecule has 1 fully saturated rings. The van der Waals surface area contributed by atoms with E-state index >= 15 is 0 Å². The van der Waals surface area contributed by atoms with Gasteiger partial charge in [0.15, 0.2) is 0 Å². The van der Waals surface area contributed by atoms with Crippen molar-refractivity contribution in [2.24, 2.45) is 0 Å². The lowest BCUT2D eigenvalue weighted by atomic mass is 9.96. The zero-order valence-electron chi connectivity index (χ0n) is 13.5. The van der Waals surface area contributed by atoms with Gasteiger partial charge in [-0.3, -0.25) is 4.79 Å². The molecule has 0 bridgehead atoms. The molecule has 0 radical (unpaired) electrons. The van der Waals surface area contributed by atoms with Gasteiger partial charge >= 0.3 is 0 Å². The standard InChI is InChI=1S/C19H20ClFN2O/c1-13(14-6-3-5-9-17(14)21)19(24)23-11-10-22-12-18(23)15-7-2-4-8-16(15)20/h2-9,13,18,22H,10-12H2,1H3. The van der Waals surface area contributed by atoms with Crippen LogP contribution in [0.15, 0.2) is 48.5 Å². The van der Waals surface area contributed by atoms with Crippen molar-refractivity contribution in [1.29, 1.82) is 0 Å². The number of piperazine rings is 1. The molecule has 0 aromatic heterocycles. The highest BCUT2D eigenvalue weighted by molar-refractivity contribution is 6.31. The van der Waals surface area contributed by atoms with Gasteiger partial charge in [-0.1, -0.05) is 48.0 Å². The first-order valence-corrected chi connectivity index (χ1v) is 8.47. The quantitative estimate of drug-likeness (QED) is 0.917. The molecule has 2 aromatic carbocycles. The Bertz CT molecular complexity index is 737. The third kappa shape index (κ3) is 3.30. The first kappa shape index (κ1) is 16.9. The minimum atomic E-state index is -0.533. The highest BCUT2D eigenvalue weighted by Crippen LogP contribution is 2.31. The zero-order valence-corrected chi connectivity index (χ0v) is 14.3. The molecular formula is C19H20ClFN2O. The number of amides is 1. The third-order valence-electron chi connectivity index (χ3n) is 4.53.